The number of hydrogen-bond acceptors (Lipinski definition) is 3. The molecule has 1 saturated carbocycles. The molecule has 1 aromatic rings. The summed E-state index contributed by atoms with van der Waals surface area (Å²) in [6.45, 7) is 0.435. The monoisotopic (exact) mass is 322 g/mol. The molecule has 0 unspecified atom stereocenters. The lowest BCUT2D eigenvalue weighted by Crippen LogP contribution is -2.33. The van der Waals surface area contributed by atoms with Gasteiger partial charge in [0.2, 0.25) is 5.91 Å². The maximum atomic E-state index is 12.2. The van der Waals surface area contributed by atoms with Crippen LogP contribution in [0.4, 0.5) is 0 Å². The summed E-state index contributed by atoms with van der Waals surface area (Å²) < 4.78 is 6.22. The first kappa shape index (κ1) is 13.9. The number of halogens is 1. The number of rotatable bonds is 4. The maximum absolute atomic E-state index is 12.2. The van der Waals surface area contributed by atoms with Crippen LogP contribution >= 0.6 is 15.9 Å². The standard InChI is InChI=1S/C14H15BrN2O2/c1-17(13(18)14(9-16)5-6-14)8-10-7-11(15)3-4-12(10)19-2/h3-4,7H,5-6,8H2,1-2H3. The number of carbonyl (C=O) groups excluding carboxylic acids is 1. The van der Waals surface area contributed by atoms with Gasteiger partial charge in [-0.05, 0) is 31.0 Å². The van der Waals surface area contributed by atoms with Crippen LogP contribution in [0, 0.1) is 16.7 Å². The van der Waals surface area contributed by atoms with E-state index in [9.17, 15) is 4.79 Å². The van der Waals surface area contributed by atoms with Gasteiger partial charge in [0, 0.05) is 23.6 Å². The van der Waals surface area contributed by atoms with Crippen LogP contribution in [0.2, 0.25) is 0 Å². The molecule has 1 aliphatic rings. The van der Waals surface area contributed by atoms with Crippen molar-refractivity contribution in [2.24, 2.45) is 5.41 Å². The molecular formula is C14H15BrN2O2. The molecule has 19 heavy (non-hydrogen) atoms. The van der Waals surface area contributed by atoms with Crippen LogP contribution in [0.3, 0.4) is 0 Å². The predicted molar refractivity (Wildman–Crippen MR) is 74.4 cm³/mol. The Bertz CT molecular complexity index is 547. The third-order valence-electron chi connectivity index (χ3n) is 3.37. The van der Waals surface area contributed by atoms with E-state index in [4.69, 9.17) is 10.00 Å². The molecule has 4 nitrogen and oxygen atoms in total. The van der Waals surface area contributed by atoms with E-state index in [0.717, 1.165) is 15.8 Å². The molecule has 0 heterocycles. The molecule has 5 heteroatoms. The minimum Gasteiger partial charge on any atom is -0.496 e. The molecule has 0 bridgehead atoms. The Morgan fingerprint density at radius 1 is 1.58 bits per heavy atom. The Morgan fingerprint density at radius 3 is 2.79 bits per heavy atom. The van der Waals surface area contributed by atoms with E-state index in [1.165, 1.54) is 0 Å². The van der Waals surface area contributed by atoms with Crippen molar-refractivity contribution in [3.63, 3.8) is 0 Å². The van der Waals surface area contributed by atoms with Crippen LogP contribution in [0.25, 0.3) is 0 Å². The molecular weight excluding hydrogens is 308 g/mol. The number of nitrogens with zero attached hydrogens (tertiary/aromatic N) is 2. The third kappa shape index (κ3) is 2.74. The molecule has 1 fully saturated rings. The van der Waals surface area contributed by atoms with E-state index >= 15 is 0 Å². The topological polar surface area (TPSA) is 53.3 Å². The van der Waals surface area contributed by atoms with E-state index in [2.05, 4.69) is 22.0 Å². The van der Waals surface area contributed by atoms with Crippen molar-refractivity contribution in [3.05, 3.63) is 28.2 Å². The molecule has 0 radical (unpaired) electrons. The van der Waals surface area contributed by atoms with E-state index in [1.54, 1.807) is 19.1 Å². The fourth-order valence-corrected chi connectivity index (χ4v) is 2.47. The fraction of sp³-hybridized carbons (Fsp3) is 0.429. The highest BCUT2D eigenvalue weighted by Gasteiger charge is 2.51. The fourth-order valence-electron chi connectivity index (χ4n) is 2.06. The molecule has 100 valence electrons. The molecule has 1 aromatic carbocycles. The van der Waals surface area contributed by atoms with E-state index in [-0.39, 0.29) is 5.91 Å². The second kappa shape index (κ2) is 5.22. The summed E-state index contributed by atoms with van der Waals surface area (Å²) >= 11 is 3.41. The van der Waals surface area contributed by atoms with Gasteiger partial charge < -0.3 is 9.64 Å². The van der Waals surface area contributed by atoms with Gasteiger partial charge in [0.05, 0.1) is 13.2 Å². The molecule has 1 amide bonds. The first-order valence-corrected chi connectivity index (χ1v) is 6.81. The molecule has 0 spiro atoms. The summed E-state index contributed by atoms with van der Waals surface area (Å²) in [5.41, 5.74) is 0.148. The van der Waals surface area contributed by atoms with Crippen LogP contribution in [0.1, 0.15) is 18.4 Å². The zero-order chi connectivity index (χ0) is 14.0. The van der Waals surface area contributed by atoms with Crippen molar-refractivity contribution in [2.75, 3.05) is 14.2 Å². The lowest BCUT2D eigenvalue weighted by Gasteiger charge is -2.21. The summed E-state index contributed by atoms with van der Waals surface area (Å²) in [7, 11) is 3.33. The van der Waals surface area contributed by atoms with Gasteiger partial charge in [-0.2, -0.15) is 5.26 Å². The average Bonchev–Trinajstić information content (AvgIpc) is 3.19. The maximum Gasteiger partial charge on any atom is 0.243 e. The van der Waals surface area contributed by atoms with Gasteiger partial charge in [-0.3, -0.25) is 4.79 Å². The molecule has 1 aliphatic carbocycles. The normalized spacial score (nSPS) is 15.5. The van der Waals surface area contributed by atoms with Crippen LogP contribution in [-0.4, -0.2) is 25.0 Å². The minimum atomic E-state index is -0.770. The van der Waals surface area contributed by atoms with Crippen LogP contribution < -0.4 is 4.74 Å². The highest BCUT2D eigenvalue weighted by molar-refractivity contribution is 9.10. The van der Waals surface area contributed by atoms with E-state index in [1.807, 2.05) is 18.2 Å². The van der Waals surface area contributed by atoms with Crippen molar-refractivity contribution in [1.29, 1.82) is 5.26 Å². The molecule has 0 N–H and O–H groups in total. The van der Waals surface area contributed by atoms with Crippen LogP contribution in [-0.2, 0) is 11.3 Å². The Balaban J connectivity index is 2.15. The van der Waals surface area contributed by atoms with E-state index in [0.29, 0.717) is 19.4 Å². The zero-order valence-corrected chi connectivity index (χ0v) is 12.5. The average molecular weight is 323 g/mol. The smallest absolute Gasteiger partial charge is 0.243 e. The van der Waals surface area contributed by atoms with Gasteiger partial charge in [-0.25, -0.2) is 0 Å². The highest BCUT2D eigenvalue weighted by Crippen LogP contribution is 2.46. The van der Waals surface area contributed by atoms with Gasteiger partial charge >= 0.3 is 0 Å². The number of benzene rings is 1. The lowest BCUT2D eigenvalue weighted by atomic mass is 10.1. The zero-order valence-electron chi connectivity index (χ0n) is 10.9. The van der Waals surface area contributed by atoms with Gasteiger partial charge in [0.25, 0.3) is 0 Å². The Morgan fingerprint density at radius 2 is 2.26 bits per heavy atom. The van der Waals surface area contributed by atoms with E-state index < -0.39 is 5.41 Å². The van der Waals surface area contributed by atoms with Gasteiger partial charge in [-0.15, -0.1) is 0 Å². The SMILES string of the molecule is COc1ccc(Br)cc1CN(C)C(=O)C1(C#N)CC1. The number of hydrogen-bond donors (Lipinski definition) is 0. The van der Waals surface area contributed by atoms with Crippen molar-refractivity contribution in [2.45, 2.75) is 19.4 Å². The quantitative estimate of drug-likeness (QED) is 0.856. The predicted octanol–water partition coefficient (Wildman–Crippen LogP) is 2.72. The first-order valence-electron chi connectivity index (χ1n) is 6.01. The van der Waals surface area contributed by atoms with Crippen molar-refractivity contribution in [1.82, 2.24) is 4.90 Å². The second-order valence-corrected chi connectivity index (χ2v) is 5.73. The van der Waals surface area contributed by atoms with Crippen molar-refractivity contribution < 1.29 is 9.53 Å². The number of methoxy groups -OCH3 is 1. The summed E-state index contributed by atoms with van der Waals surface area (Å²) in [5.74, 6) is 0.640. The summed E-state index contributed by atoms with van der Waals surface area (Å²) in [5, 5.41) is 9.06. The Hall–Kier alpha value is -1.54. The van der Waals surface area contributed by atoms with Crippen molar-refractivity contribution >= 4 is 21.8 Å². The minimum absolute atomic E-state index is 0.1000. The summed E-state index contributed by atoms with van der Waals surface area (Å²) in [6.07, 6.45) is 1.34. The number of ether oxygens (including phenoxy) is 1. The van der Waals surface area contributed by atoms with Crippen LogP contribution in [0.5, 0.6) is 5.75 Å². The number of carbonyl (C=O) groups is 1. The lowest BCUT2D eigenvalue weighted by molar-refractivity contribution is -0.134. The van der Waals surface area contributed by atoms with Crippen LogP contribution in [0.15, 0.2) is 22.7 Å². The molecule has 0 atom stereocenters. The first-order chi connectivity index (χ1) is 9.02. The summed E-state index contributed by atoms with van der Waals surface area (Å²) in [4.78, 5) is 13.8. The Labute approximate surface area is 121 Å². The van der Waals surface area contributed by atoms with Gasteiger partial charge in [-0.1, -0.05) is 15.9 Å². The summed E-state index contributed by atoms with van der Waals surface area (Å²) in [6, 6.07) is 7.80. The largest absolute Gasteiger partial charge is 0.496 e. The third-order valence-corrected chi connectivity index (χ3v) is 3.86. The highest BCUT2D eigenvalue weighted by atomic mass is 79.9. The number of amides is 1. The Kier molecular flexibility index (Phi) is 3.81. The molecule has 0 aromatic heterocycles. The van der Waals surface area contributed by atoms with Crippen molar-refractivity contribution in [3.8, 4) is 11.8 Å². The van der Waals surface area contributed by atoms with Gasteiger partial charge in [0.15, 0.2) is 0 Å². The van der Waals surface area contributed by atoms with Gasteiger partial charge in [0.1, 0.15) is 11.2 Å². The molecule has 2 rings (SSSR count). The molecule has 0 saturated heterocycles. The second-order valence-electron chi connectivity index (χ2n) is 4.81. The number of nitriles is 1. The molecule has 0 aliphatic heterocycles.